The molecule has 1 fully saturated rings. The number of nitrogens with one attached hydrogen (secondary N) is 2. The molecule has 1 saturated heterocycles. The fourth-order valence-electron chi connectivity index (χ4n) is 2.00. The second-order valence-electron chi connectivity index (χ2n) is 4.47. The van der Waals surface area contributed by atoms with E-state index in [2.05, 4.69) is 24.5 Å². The van der Waals surface area contributed by atoms with E-state index in [1.165, 1.54) is 32.1 Å². The Morgan fingerprint density at radius 2 is 2.00 bits per heavy atom. The monoisotopic (exact) mass is 184 g/mol. The maximum absolute atomic E-state index is 3.61. The molecule has 1 aliphatic heterocycles. The molecule has 0 bridgehead atoms. The van der Waals surface area contributed by atoms with E-state index in [4.69, 9.17) is 0 Å². The van der Waals surface area contributed by atoms with Gasteiger partial charge in [0.15, 0.2) is 0 Å². The summed E-state index contributed by atoms with van der Waals surface area (Å²) in [5, 5.41) is 7.06. The lowest BCUT2D eigenvalue weighted by molar-refractivity contribution is 0.270. The predicted molar refractivity (Wildman–Crippen MR) is 58.0 cm³/mol. The molecule has 1 unspecified atom stereocenters. The zero-order valence-electron chi connectivity index (χ0n) is 9.16. The van der Waals surface area contributed by atoms with Crippen molar-refractivity contribution in [2.24, 2.45) is 0 Å². The number of hydrogen-bond donors (Lipinski definition) is 2. The van der Waals surface area contributed by atoms with Gasteiger partial charge < -0.3 is 10.6 Å². The Bertz CT molecular complexity index is 128. The van der Waals surface area contributed by atoms with Crippen molar-refractivity contribution < 1.29 is 0 Å². The molecule has 1 atom stereocenters. The fraction of sp³-hybridized carbons (Fsp3) is 1.00. The third-order valence-corrected chi connectivity index (χ3v) is 2.95. The van der Waals surface area contributed by atoms with E-state index in [-0.39, 0.29) is 0 Å². The van der Waals surface area contributed by atoms with Gasteiger partial charge in [-0.3, -0.25) is 0 Å². The Morgan fingerprint density at radius 1 is 1.15 bits per heavy atom. The molecule has 1 heterocycles. The van der Waals surface area contributed by atoms with Crippen LogP contribution in [0.2, 0.25) is 0 Å². The van der Waals surface area contributed by atoms with Crippen LogP contribution in [0.4, 0.5) is 0 Å². The highest BCUT2D eigenvalue weighted by Crippen LogP contribution is 2.15. The first-order chi connectivity index (χ1) is 6.27. The quantitative estimate of drug-likeness (QED) is 0.638. The van der Waals surface area contributed by atoms with Crippen LogP contribution in [0.1, 0.15) is 46.0 Å². The fourth-order valence-corrected chi connectivity index (χ4v) is 2.00. The standard InChI is InChI=1S/C11H24N2/c1-3-4-5-6-7-11(2)10-12-8-9-13-11/h12-13H,3-10H2,1-2H3. The van der Waals surface area contributed by atoms with Crippen molar-refractivity contribution >= 4 is 0 Å². The Morgan fingerprint density at radius 3 is 2.62 bits per heavy atom. The van der Waals surface area contributed by atoms with Gasteiger partial charge >= 0.3 is 0 Å². The third kappa shape index (κ3) is 4.10. The summed E-state index contributed by atoms with van der Waals surface area (Å²) in [7, 11) is 0. The van der Waals surface area contributed by atoms with Crippen molar-refractivity contribution in [1.29, 1.82) is 0 Å². The van der Waals surface area contributed by atoms with Gasteiger partial charge in [-0.25, -0.2) is 0 Å². The van der Waals surface area contributed by atoms with Gasteiger partial charge in [-0.05, 0) is 13.3 Å². The first-order valence-corrected chi connectivity index (χ1v) is 5.72. The smallest absolute Gasteiger partial charge is 0.0278 e. The van der Waals surface area contributed by atoms with Crippen LogP contribution in [-0.4, -0.2) is 25.2 Å². The van der Waals surface area contributed by atoms with Crippen molar-refractivity contribution in [2.45, 2.75) is 51.5 Å². The van der Waals surface area contributed by atoms with Gasteiger partial charge in [0, 0.05) is 25.2 Å². The molecule has 2 heteroatoms. The van der Waals surface area contributed by atoms with Crippen LogP contribution >= 0.6 is 0 Å². The molecule has 13 heavy (non-hydrogen) atoms. The minimum absolute atomic E-state index is 0.367. The third-order valence-electron chi connectivity index (χ3n) is 2.95. The highest BCUT2D eigenvalue weighted by Gasteiger charge is 2.24. The number of rotatable bonds is 5. The second kappa shape index (κ2) is 5.61. The highest BCUT2D eigenvalue weighted by molar-refractivity contribution is 4.88. The first-order valence-electron chi connectivity index (χ1n) is 5.72. The Balaban J connectivity index is 2.10. The van der Waals surface area contributed by atoms with Crippen LogP contribution in [0.15, 0.2) is 0 Å². The van der Waals surface area contributed by atoms with Gasteiger partial charge in [-0.1, -0.05) is 32.6 Å². The van der Waals surface area contributed by atoms with Crippen molar-refractivity contribution in [1.82, 2.24) is 10.6 Å². The van der Waals surface area contributed by atoms with E-state index in [9.17, 15) is 0 Å². The Hall–Kier alpha value is -0.0800. The molecule has 2 nitrogen and oxygen atoms in total. The summed E-state index contributed by atoms with van der Waals surface area (Å²) in [6.07, 6.45) is 6.82. The molecule has 0 saturated carbocycles. The van der Waals surface area contributed by atoms with Crippen molar-refractivity contribution in [2.75, 3.05) is 19.6 Å². The summed E-state index contributed by atoms with van der Waals surface area (Å²) < 4.78 is 0. The average Bonchev–Trinajstić information content (AvgIpc) is 2.14. The van der Waals surface area contributed by atoms with E-state index in [0.29, 0.717) is 5.54 Å². The van der Waals surface area contributed by atoms with Crippen LogP contribution in [-0.2, 0) is 0 Å². The summed E-state index contributed by atoms with van der Waals surface area (Å²) >= 11 is 0. The normalized spacial score (nSPS) is 29.1. The van der Waals surface area contributed by atoms with Gasteiger partial charge in [-0.15, -0.1) is 0 Å². The zero-order chi connectivity index (χ0) is 9.57. The van der Waals surface area contributed by atoms with Gasteiger partial charge in [0.1, 0.15) is 0 Å². The summed E-state index contributed by atoms with van der Waals surface area (Å²) in [4.78, 5) is 0. The summed E-state index contributed by atoms with van der Waals surface area (Å²) in [5.41, 5.74) is 0.367. The SMILES string of the molecule is CCCCCCC1(C)CNCCN1. The van der Waals surface area contributed by atoms with E-state index >= 15 is 0 Å². The van der Waals surface area contributed by atoms with Gasteiger partial charge in [0.2, 0.25) is 0 Å². The molecule has 0 aromatic heterocycles. The molecule has 0 aromatic rings. The highest BCUT2D eigenvalue weighted by atomic mass is 15.1. The van der Waals surface area contributed by atoms with Gasteiger partial charge in [0.25, 0.3) is 0 Å². The van der Waals surface area contributed by atoms with E-state index < -0.39 is 0 Å². The largest absolute Gasteiger partial charge is 0.314 e. The molecule has 0 aromatic carbocycles. The lowest BCUT2D eigenvalue weighted by Crippen LogP contribution is -2.57. The summed E-state index contributed by atoms with van der Waals surface area (Å²) in [5.74, 6) is 0. The van der Waals surface area contributed by atoms with E-state index in [0.717, 1.165) is 19.6 Å². The van der Waals surface area contributed by atoms with Crippen molar-refractivity contribution in [3.05, 3.63) is 0 Å². The number of piperazine rings is 1. The molecule has 1 rings (SSSR count). The molecule has 0 amide bonds. The Kier molecular flexibility index (Phi) is 4.74. The first kappa shape index (κ1) is 11.0. The molecular formula is C11H24N2. The second-order valence-corrected chi connectivity index (χ2v) is 4.47. The number of hydrogen-bond acceptors (Lipinski definition) is 2. The van der Waals surface area contributed by atoms with Crippen LogP contribution in [0.3, 0.4) is 0 Å². The van der Waals surface area contributed by atoms with Crippen LogP contribution in [0, 0.1) is 0 Å². The van der Waals surface area contributed by atoms with Gasteiger partial charge in [0.05, 0.1) is 0 Å². The Labute approximate surface area is 82.5 Å². The van der Waals surface area contributed by atoms with Crippen LogP contribution < -0.4 is 10.6 Å². The van der Waals surface area contributed by atoms with E-state index in [1.54, 1.807) is 0 Å². The maximum atomic E-state index is 3.61. The van der Waals surface area contributed by atoms with Crippen molar-refractivity contribution in [3.63, 3.8) is 0 Å². The lowest BCUT2D eigenvalue weighted by Gasteiger charge is -2.35. The molecule has 0 spiro atoms. The molecule has 0 aliphatic carbocycles. The maximum Gasteiger partial charge on any atom is 0.0278 e. The molecule has 2 N–H and O–H groups in total. The lowest BCUT2D eigenvalue weighted by atomic mass is 9.92. The minimum atomic E-state index is 0.367. The minimum Gasteiger partial charge on any atom is -0.314 e. The molecule has 1 aliphatic rings. The molecular weight excluding hydrogens is 160 g/mol. The number of unbranched alkanes of at least 4 members (excludes halogenated alkanes) is 3. The summed E-state index contributed by atoms with van der Waals surface area (Å²) in [6, 6.07) is 0. The van der Waals surface area contributed by atoms with E-state index in [1.807, 2.05) is 0 Å². The topological polar surface area (TPSA) is 24.1 Å². The van der Waals surface area contributed by atoms with Crippen LogP contribution in [0.25, 0.3) is 0 Å². The summed E-state index contributed by atoms with van der Waals surface area (Å²) in [6.45, 7) is 8.00. The van der Waals surface area contributed by atoms with Crippen molar-refractivity contribution in [3.8, 4) is 0 Å². The average molecular weight is 184 g/mol. The molecule has 0 radical (unpaired) electrons. The van der Waals surface area contributed by atoms with Crippen LogP contribution in [0.5, 0.6) is 0 Å². The predicted octanol–water partition coefficient (Wildman–Crippen LogP) is 1.91. The molecule has 78 valence electrons. The zero-order valence-corrected chi connectivity index (χ0v) is 9.16. The van der Waals surface area contributed by atoms with Gasteiger partial charge in [-0.2, -0.15) is 0 Å².